The first kappa shape index (κ1) is 13.0. The molecule has 0 spiro atoms. The van der Waals surface area contributed by atoms with Crippen LogP contribution in [0, 0.1) is 11.3 Å². The fourth-order valence-electron chi connectivity index (χ4n) is 2.30. The van der Waals surface area contributed by atoms with E-state index in [1.807, 2.05) is 36.0 Å². The van der Waals surface area contributed by atoms with E-state index in [1.54, 1.807) is 18.2 Å². The molecule has 1 aromatic heterocycles. The maximum absolute atomic E-state index is 9.11. The van der Waals surface area contributed by atoms with E-state index in [-0.39, 0.29) is 0 Å². The van der Waals surface area contributed by atoms with Crippen LogP contribution in [0.5, 0.6) is 5.75 Å². The molecule has 0 saturated carbocycles. The summed E-state index contributed by atoms with van der Waals surface area (Å²) >= 11 is 0. The van der Waals surface area contributed by atoms with E-state index in [0.29, 0.717) is 23.6 Å². The maximum atomic E-state index is 9.11. The molecular weight excluding hydrogens is 264 g/mol. The Morgan fingerprint density at radius 2 is 2.10 bits per heavy atom. The van der Waals surface area contributed by atoms with Crippen LogP contribution in [-0.2, 0) is 13.7 Å². The average molecular weight is 278 g/mol. The molecular formula is C16H14N4O. The highest BCUT2D eigenvalue weighted by molar-refractivity contribution is 5.81. The van der Waals surface area contributed by atoms with Crippen LogP contribution in [0.4, 0.5) is 5.69 Å². The number of fused-ring (bicyclic) bond motifs is 1. The number of aromatic nitrogens is 2. The number of nitrogens with zero attached hydrogens (tertiary/aromatic N) is 3. The molecule has 0 saturated heterocycles. The zero-order chi connectivity index (χ0) is 14.8. The Morgan fingerprint density at radius 1 is 1.29 bits per heavy atom. The molecule has 0 atom stereocenters. The summed E-state index contributed by atoms with van der Waals surface area (Å²) in [6.45, 7) is 0.306. The predicted molar refractivity (Wildman–Crippen MR) is 80.6 cm³/mol. The highest BCUT2D eigenvalue weighted by atomic mass is 16.5. The van der Waals surface area contributed by atoms with Crippen LogP contribution in [-0.4, -0.2) is 9.78 Å². The maximum Gasteiger partial charge on any atom is 0.137 e. The summed E-state index contributed by atoms with van der Waals surface area (Å²) in [5, 5.41) is 14.6. The van der Waals surface area contributed by atoms with Crippen LogP contribution in [0.2, 0.25) is 0 Å². The third kappa shape index (κ3) is 2.39. The van der Waals surface area contributed by atoms with Crippen molar-refractivity contribution < 1.29 is 4.74 Å². The first-order chi connectivity index (χ1) is 10.2. The number of nitrogens with two attached hydrogens (primary N) is 1. The quantitative estimate of drug-likeness (QED) is 0.747. The van der Waals surface area contributed by atoms with Gasteiger partial charge in [0.05, 0.1) is 11.1 Å². The number of anilines is 1. The van der Waals surface area contributed by atoms with Gasteiger partial charge in [0.2, 0.25) is 0 Å². The molecule has 0 aliphatic rings. The minimum Gasteiger partial charge on any atom is -0.486 e. The number of benzene rings is 2. The number of hydrogen-bond donors (Lipinski definition) is 1. The number of aryl methyl sites for hydroxylation is 1. The van der Waals surface area contributed by atoms with Gasteiger partial charge in [-0.05, 0) is 24.3 Å². The van der Waals surface area contributed by atoms with E-state index in [9.17, 15) is 0 Å². The lowest BCUT2D eigenvalue weighted by molar-refractivity contribution is 0.300. The molecule has 3 rings (SSSR count). The van der Waals surface area contributed by atoms with Crippen LogP contribution in [0.3, 0.4) is 0 Å². The molecule has 3 aromatic rings. The molecule has 0 unspecified atom stereocenters. The summed E-state index contributed by atoms with van der Waals surface area (Å²) in [7, 11) is 1.90. The van der Waals surface area contributed by atoms with Crippen LogP contribution in [0.25, 0.3) is 10.9 Å². The Hall–Kier alpha value is -3.00. The van der Waals surface area contributed by atoms with Gasteiger partial charge in [0, 0.05) is 18.1 Å². The molecule has 2 N–H and O–H groups in total. The second-order valence-electron chi connectivity index (χ2n) is 4.74. The van der Waals surface area contributed by atoms with Gasteiger partial charge in [-0.2, -0.15) is 10.4 Å². The van der Waals surface area contributed by atoms with Gasteiger partial charge < -0.3 is 10.5 Å². The molecule has 5 heteroatoms. The van der Waals surface area contributed by atoms with Crippen molar-refractivity contribution in [1.82, 2.24) is 9.78 Å². The van der Waals surface area contributed by atoms with Gasteiger partial charge in [0.1, 0.15) is 24.1 Å². The third-order valence-electron chi connectivity index (χ3n) is 3.32. The van der Waals surface area contributed by atoms with Crippen molar-refractivity contribution in [2.75, 3.05) is 5.73 Å². The minimum atomic E-state index is 0.306. The smallest absolute Gasteiger partial charge is 0.137 e. The molecule has 0 radical (unpaired) electrons. The van der Waals surface area contributed by atoms with Crippen molar-refractivity contribution in [3.8, 4) is 11.8 Å². The van der Waals surface area contributed by atoms with Crippen molar-refractivity contribution in [2.45, 2.75) is 6.61 Å². The number of nitriles is 1. The van der Waals surface area contributed by atoms with Crippen molar-refractivity contribution >= 4 is 16.6 Å². The Kier molecular flexibility index (Phi) is 3.20. The molecule has 0 amide bonds. The molecule has 0 aliphatic carbocycles. The Bertz CT molecular complexity index is 845. The van der Waals surface area contributed by atoms with Crippen molar-refractivity contribution in [1.29, 1.82) is 5.26 Å². The average Bonchev–Trinajstić information content (AvgIpc) is 2.83. The van der Waals surface area contributed by atoms with E-state index < -0.39 is 0 Å². The zero-order valence-corrected chi connectivity index (χ0v) is 11.6. The monoisotopic (exact) mass is 278 g/mol. The third-order valence-corrected chi connectivity index (χ3v) is 3.32. The van der Waals surface area contributed by atoms with Crippen LogP contribution >= 0.6 is 0 Å². The number of nitrogen functional groups attached to an aromatic ring is 1. The second-order valence-corrected chi connectivity index (χ2v) is 4.74. The molecule has 2 aromatic carbocycles. The van der Waals surface area contributed by atoms with Gasteiger partial charge in [-0.15, -0.1) is 0 Å². The summed E-state index contributed by atoms with van der Waals surface area (Å²) in [5.74, 6) is 0.515. The number of para-hydroxylation sites is 1. The Morgan fingerprint density at radius 3 is 2.90 bits per heavy atom. The van der Waals surface area contributed by atoms with E-state index >= 15 is 0 Å². The van der Waals surface area contributed by atoms with Crippen LogP contribution in [0.1, 0.15) is 11.3 Å². The van der Waals surface area contributed by atoms with Gasteiger partial charge in [-0.25, -0.2) is 0 Å². The fraction of sp³-hybridized carbons (Fsp3) is 0.125. The van der Waals surface area contributed by atoms with Gasteiger partial charge in [0.15, 0.2) is 0 Å². The summed E-state index contributed by atoms with van der Waals surface area (Å²) in [6, 6.07) is 15.1. The number of ether oxygens (including phenoxy) is 1. The highest BCUT2D eigenvalue weighted by Gasteiger charge is 2.10. The van der Waals surface area contributed by atoms with E-state index in [4.69, 9.17) is 15.7 Å². The molecule has 1 heterocycles. The van der Waals surface area contributed by atoms with Gasteiger partial charge >= 0.3 is 0 Å². The van der Waals surface area contributed by atoms with Crippen LogP contribution < -0.4 is 10.5 Å². The van der Waals surface area contributed by atoms with Gasteiger partial charge in [0.25, 0.3) is 0 Å². The second kappa shape index (κ2) is 5.17. The topological polar surface area (TPSA) is 76.9 Å². The Balaban J connectivity index is 1.89. The SMILES string of the molecule is Cn1nc(COc2ccc(N)cc2C#N)c2ccccc21. The summed E-state index contributed by atoms with van der Waals surface area (Å²) in [4.78, 5) is 0. The predicted octanol–water partition coefficient (Wildman–Crippen LogP) is 2.61. The lowest BCUT2D eigenvalue weighted by Crippen LogP contribution is -2.00. The van der Waals surface area contributed by atoms with Gasteiger partial charge in [-0.3, -0.25) is 4.68 Å². The largest absolute Gasteiger partial charge is 0.486 e. The lowest BCUT2D eigenvalue weighted by Gasteiger charge is -2.07. The molecule has 5 nitrogen and oxygen atoms in total. The molecule has 0 bridgehead atoms. The Labute approximate surface area is 122 Å². The zero-order valence-electron chi connectivity index (χ0n) is 11.6. The van der Waals surface area contributed by atoms with E-state index in [1.165, 1.54) is 0 Å². The molecule has 0 fully saturated rings. The molecule has 104 valence electrons. The number of hydrogen-bond acceptors (Lipinski definition) is 4. The van der Waals surface area contributed by atoms with Crippen molar-refractivity contribution in [2.24, 2.45) is 7.05 Å². The van der Waals surface area contributed by atoms with Gasteiger partial charge in [-0.1, -0.05) is 18.2 Å². The minimum absolute atomic E-state index is 0.306. The normalized spacial score (nSPS) is 10.5. The first-order valence-corrected chi connectivity index (χ1v) is 6.52. The highest BCUT2D eigenvalue weighted by Crippen LogP contribution is 2.23. The summed E-state index contributed by atoms with van der Waals surface area (Å²) < 4.78 is 7.56. The van der Waals surface area contributed by atoms with Crippen molar-refractivity contribution in [3.05, 3.63) is 53.7 Å². The number of rotatable bonds is 3. The summed E-state index contributed by atoms with van der Waals surface area (Å²) in [6.07, 6.45) is 0. The van der Waals surface area contributed by atoms with Crippen molar-refractivity contribution in [3.63, 3.8) is 0 Å². The standard InChI is InChI=1S/C16H14N4O/c1-20-15-5-3-2-4-13(15)14(19-20)10-21-16-7-6-12(18)8-11(16)9-17/h2-8H,10,18H2,1H3. The first-order valence-electron chi connectivity index (χ1n) is 6.52. The lowest BCUT2D eigenvalue weighted by atomic mass is 10.2. The van der Waals surface area contributed by atoms with E-state index in [0.717, 1.165) is 16.6 Å². The van der Waals surface area contributed by atoms with Crippen LogP contribution in [0.15, 0.2) is 42.5 Å². The fourth-order valence-corrected chi connectivity index (χ4v) is 2.30. The summed E-state index contributed by atoms with van der Waals surface area (Å²) in [5.41, 5.74) is 8.53. The van der Waals surface area contributed by atoms with E-state index in [2.05, 4.69) is 11.2 Å². The molecule has 21 heavy (non-hydrogen) atoms. The molecule has 0 aliphatic heterocycles.